The molecule has 1 aromatic rings. The van der Waals surface area contributed by atoms with E-state index in [-0.39, 0.29) is 5.82 Å². The van der Waals surface area contributed by atoms with Gasteiger partial charge in [-0.1, -0.05) is 13.8 Å². The van der Waals surface area contributed by atoms with Crippen LogP contribution >= 0.6 is 0 Å². The van der Waals surface area contributed by atoms with Crippen molar-refractivity contribution in [3.63, 3.8) is 0 Å². The fourth-order valence-corrected chi connectivity index (χ4v) is 1.86. The fraction of sp³-hybridized carbons (Fsp3) is 0.500. The molecule has 0 aliphatic rings. The van der Waals surface area contributed by atoms with Crippen LogP contribution in [0.5, 0.6) is 0 Å². The monoisotopic (exact) mass is 267 g/mol. The van der Waals surface area contributed by atoms with Gasteiger partial charge in [0, 0.05) is 30.8 Å². The van der Waals surface area contributed by atoms with Gasteiger partial charge in [-0.05, 0) is 31.3 Å². The van der Waals surface area contributed by atoms with Gasteiger partial charge in [0.05, 0.1) is 0 Å². The largest absolute Gasteiger partial charge is 0.366 e. The van der Waals surface area contributed by atoms with E-state index in [1.807, 2.05) is 0 Å². The number of nitrogens with zero attached hydrogens (tertiary/aromatic N) is 1. The maximum absolute atomic E-state index is 13.5. The highest BCUT2D eigenvalue weighted by Gasteiger charge is 2.07. The van der Waals surface area contributed by atoms with E-state index in [0.29, 0.717) is 17.7 Å². The smallest absolute Gasteiger partial charge is 0.248 e. The lowest BCUT2D eigenvalue weighted by Gasteiger charge is -2.18. The standard InChI is InChI=1S/C14H22FN3O/c1-3-18(4-2)8-7-17-10-12-9-11(14(16)19)5-6-13(12)15/h5-6,9,17H,3-4,7-8,10H2,1-2H3,(H2,16,19). The van der Waals surface area contributed by atoms with Gasteiger partial charge >= 0.3 is 0 Å². The Balaban J connectivity index is 2.48. The van der Waals surface area contributed by atoms with Crippen LogP contribution in [0, 0.1) is 5.82 Å². The van der Waals surface area contributed by atoms with Crippen molar-refractivity contribution in [3.8, 4) is 0 Å². The van der Waals surface area contributed by atoms with Crippen LogP contribution in [0.25, 0.3) is 0 Å². The van der Waals surface area contributed by atoms with Gasteiger partial charge in [0.15, 0.2) is 0 Å². The van der Waals surface area contributed by atoms with Crippen LogP contribution in [-0.4, -0.2) is 37.0 Å². The van der Waals surface area contributed by atoms with E-state index in [4.69, 9.17) is 5.73 Å². The SMILES string of the molecule is CCN(CC)CCNCc1cc(C(N)=O)ccc1F. The summed E-state index contributed by atoms with van der Waals surface area (Å²) in [5.41, 5.74) is 5.98. The average molecular weight is 267 g/mol. The Labute approximate surface area is 113 Å². The van der Waals surface area contributed by atoms with E-state index >= 15 is 0 Å². The van der Waals surface area contributed by atoms with E-state index in [1.54, 1.807) is 0 Å². The third kappa shape index (κ3) is 4.96. The Hall–Kier alpha value is -1.46. The molecule has 0 saturated carbocycles. The van der Waals surface area contributed by atoms with Crippen molar-refractivity contribution < 1.29 is 9.18 Å². The molecular weight excluding hydrogens is 245 g/mol. The lowest BCUT2D eigenvalue weighted by Crippen LogP contribution is -2.31. The fourth-order valence-electron chi connectivity index (χ4n) is 1.86. The zero-order chi connectivity index (χ0) is 14.3. The maximum Gasteiger partial charge on any atom is 0.248 e. The quantitative estimate of drug-likeness (QED) is 0.699. The van der Waals surface area contributed by atoms with Gasteiger partial charge < -0.3 is 16.0 Å². The number of primary amides is 1. The summed E-state index contributed by atoms with van der Waals surface area (Å²) in [7, 11) is 0. The van der Waals surface area contributed by atoms with Gasteiger partial charge in [-0.2, -0.15) is 0 Å². The highest BCUT2D eigenvalue weighted by molar-refractivity contribution is 5.92. The molecule has 0 aliphatic heterocycles. The molecule has 0 spiro atoms. The normalized spacial score (nSPS) is 10.9. The topological polar surface area (TPSA) is 58.4 Å². The molecule has 1 aromatic carbocycles. The van der Waals surface area contributed by atoms with E-state index in [2.05, 4.69) is 24.1 Å². The van der Waals surface area contributed by atoms with Crippen molar-refractivity contribution in [2.45, 2.75) is 20.4 Å². The zero-order valence-corrected chi connectivity index (χ0v) is 11.6. The zero-order valence-electron chi connectivity index (χ0n) is 11.6. The van der Waals surface area contributed by atoms with Crippen molar-refractivity contribution >= 4 is 5.91 Å². The van der Waals surface area contributed by atoms with Crippen molar-refractivity contribution in [2.75, 3.05) is 26.2 Å². The summed E-state index contributed by atoms with van der Waals surface area (Å²) < 4.78 is 13.5. The molecule has 106 valence electrons. The first-order valence-corrected chi connectivity index (χ1v) is 6.59. The second kappa shape index (κ2) is 7.86. The number of benzene rings is 1. The number of halogens is 1. The molecule has 19 heavy (non-hydrogen) atoms. The van der Waals surface area contributed by atoms with Gasteiger partial charge in [0.25, 0.3) is 0 Å². The highest BCUT2D eigenvalue weighted by Crippen LogP contribution is 2.10. The second-order valence-corrected chi connectivity index (χ2v) is 4.37. The van der Waals surface area contributed by atoms with Crippen molar-refractivity contribution in [3.05, 3.63) is 35.1 Å². The summed E-state index contributed by atoms with van der Waals surface area (Å²) in [6.07, 6.45) is 0. The molecule has 0 atom stereocenters. The first kappa shape index (κ1) is 15.6. The molecule has 0 fully saturated rings. The molecule has 0 unspecified atom stereocenters. The van der Waals surface area contributed by atoms with Crippen molar-refractivity contribution in [1.29, 1.82) is 0 Å². The van der Waals surface area contributed by atoms with Crippen LogP contribution in [0.1, 0.15) is 29.8 Å². The van der Waals surface area contributed by atoms with Gasteiger partial charge in [-0.15, -0.1) is 0 Å². The van der Waals surface area contributed by atoms with Crippen LogP contribution in [0.15, 0.2) is 18.2 Å². The number of nitrogens with one attached hydrogen (secondary N) is 1. The van der Waals surface area contributed by atoms with E-state index < -0.39 is 5.91 Å². The first-order chi connectivity index (χ1) is 9.08. The number of carbonyl (C=O) groups is 1. The number of amides is 1. The van der Waals surface area contributed by atoms with Gasteiger partial charge in [-0.25, -0.2) is 4.39 Å². The van der Waals surface area contributed by atoms with Crippen LogP contribution in [0.4, 0.5) is 4.39 Å². The molecule has 3 N–H and O–H groups in total. The Morgan fingerprint density at radius 1 is 1.37 bits per heavy atom. The Kier molecular flexibility index (Phi) is 6.45. The Bertz CT molecular complexity index is 419. The molecule has 0 aromatic heterocycles. The molecular formula is C14H22FN3O. The third-order valence-electron chi connectivity index (χ3n) is 3.14. The third-order valence-corrected chi connectivity index (χ3v) is 3.14. The summed E-state index contributed by atoms with van der Waals surface area (Å²) in [6, 6.07) is 4.18. The summed E-state index contributed by atoms with van der Waals surface area (Å²) in [5.74, 6) is -0.857. The number of rotatable bonds is 8. The minimum atomic E-state index is -0.538. The second-order valence-electron chi connectivity index (χ2n) is 4.37. The summed E-state index contributed by atoms with van der Waals surface area (Å²) in [4.78, 5) is 13.3. The lowest BCUT2D eigenvalue weighted by molar-refractivity contribution is 0.1000. The summed E-state index contributed by atoms with van der Waals surface area (Å²) in [6.45, 7) is 8.33. The molecule has 0 bridgehead atoms. The predicted molar refractivity (Wildman–Crippen MR) is 74.4 cm³/mol. The highest BCUT2D eigenvalue weighted by atomic mass is 19.1. The molecule has 1 rings (SSSR count). The number of hydrogen-bond acceptors (Lipinski definition) is 3. The number of likely N-dealkylation sites (N-methyl/N-ethyl adjacent to an activating group) is 1. The van der Waals surface area contributed by atoms with Crippen LogP contribution in [0.2, 0.25) is 0 Å². The molecule has 1 amide bonds. The van der Waals surface area contributed by atoms with Crippen LogP contribution in [-0.2, 0) is 6.54 Å². The predicted octanol–water partition coefficient (Wildman–Crippen LogP) is 1.36. The molecule has 4 nitrogen and oxygen atoms in total. The molecule has 0 aliphatic carbocycles. The van der Waals surface area contributed by atoms with Gasteiger partial charge in [-0.3, -0.25) is 4.79 Å². The number of nitrogens with two attached hydrogens (primary N) is 1. The van der Waals surface area contributed by atoms with E-state index in [9.17, 15) is 9.18 Å². The van der Waals surface area contributed by atoms with E-state index in [1.165, 1.54) is 18.2 Å². The van der Waals surface area contributed by atoms with Crippen molar-refractivity contribution in [2.24, 2.45) is 5.73 Å². The molecule has 0 heterocycles. The lowest BCUT2D eigenvalue weighted by atomic mass is 10.1. The van der Waals surface area contributed by atoms with Crippen molar-refractivity contribution in [1.82, 2.24) is 10.2 Å². The van der Waals surface area contributed by atoms with Gasteiger partial charge in [0.1, 0.15) is 5.82 Å². The number of hydrogen-bond donors (Lipinski definition) is 2. The summed E-state index contributed by atoms with van der Waals surface area (Å²) in [5, 5.41) is 3.17. The Morgan fingerprint density at radius 3 is 2.63 bits per heavy atom. The molecule has 0 radical (unpaired) electrons. The van der Waals surface area contributed by atoms with E-state index in [0.717, 1.165) is 26.2 Å². The van der Waals surface area contributed by atoms with Crippen LogP contribution < -0.4 is 11.1 Å². The Morgan fingerprint density at radius 2 is 2.05 bits per heavy atom. The average Bonchev–Trinajstić information content (AvgIpc) is 2.40. The molecule has 5 heteroatoms. The minimum absolute atomic E-state index is 0.319. The van der Waals surface area contributed by atoms with Gasteiger partial charge in [0.2, 0.25) is 5.91 Å². The number of carbonyl (C=O) groups excluding carboxylic acids is 1. The first-order valence-electron chi connectivity index (χ1n) is 6.59. The summed E-state index contributed by atoms with van der Waals surface area (Å²) >= 11 is 0. The minimum Gasteiger partial charge on any atom is -0.366 e. The van der Waals surface area contributed by atoms with Crippen LogP contribution in [0.3, 0.4) is 0 Å². The maximum atomic E-state index is 13.5. The molecule has 0 saturated heterocycles.